The Balaban J connectivity index is 1.39. The Morgan fingerprint density at radius 1 is 0.968 bits per heavy atom. The van der Waals surface area contributed by atoms with Gasteiger partial charge in [0.1, 0.15) is 0 Å². The molecule has 0 atom stereocenters. The van der Waals surface area contributed by atoms with E-state index in [1.807, 2.05) is 12.1 Å². The van der Waals surface area contributed by atoms with Crippen molar-refractivity contribution in [2.75, 3.05) is 51.3 Å². The second-order valence-electron chi connectivity index (χ2n) is 8.01. The molecule has 0 bridgehead atoms. The van der Waals surface area contributed by atoms with Gasteiger partial charge in [0.15, 0.2) is 5.76 Å². The zero-order valence-electron chi connectivity index (χ0n) is 17.8. The molecule has 31 heavy (non-hydrogen) atoms. The third-order valence-corrected chi connectivity index (χ3v) is 7.55. The molecule has 2 aliphatic rings. The van der Waals surface area contributed by atoms with Crippen LogP contribution in [-0.2, 0) is 21.3 Å². The predicted octanol–water partition coefficient (Wildman–Crippen LogP) is 2.56. The van der Waals surface area contributed by atoms with Crippen LogP contribution in [0.1, 0.15) is 35.4 Å². The van der Waals surface area contributed by atoms with E-state index in [0.29, 0.717) is 19.6 Å². The molecule has 0 aliphatic carbocycles. The standard InChI is InChI=1S/C22H29N3O5S/c1-23(17-18-5-7-19(8-6-18)24-13-15-29-16-14-24)22(26)20-9-10-21(30-20)31(27,28)25-11-3-2-4-12-25/h5-10H,2-4,11-17H2,1H3. The Morgan fingerprint density at radius 2 is 1.65 bits per heavy atom. The van der Waals surface area contributed by atoms with Crippen LogP contribution in [0.15, 0.2) is 45.9 Å². The fourth-order valence-corrected chi connectivity index (χ4v) is 5.40. The summed E-state index contributed by atoms with van der Waals surface area (Å²) >= 11 is 0. The second-order valence-corrected chi connectivity index (χ2v) is 9.88. The molecule has 2 saturated heterocycles. The van der Waals surface area contributed by atoms with E-state index >= 15 is 0 Å². The van der Waals surface area contributed by atoms with Crippen molar-refractivity contribution in [3.8, 4) is 0 Å². The lowest BCUT2D eigenvalue weighted by Gasteiger charge is -2.29. The van der Waals surface area contributed by atoms with Crippen LogP contribution in [0, 0.1) is 0 Å². The van der Waals surface area contributed by atoms with Gasteiger partial charge in [-0.3, -0.25) is 4.79 Å². The molecule has 2 aromatic rings. The van der Waals surface area contributed by atoms with Gasteiger partial charge in [-0.1, -0.05) is 18.6 Å². The van der Waals surface area contributed by atoms with Gasteiger partial charge in [-0.25, -0.2) is 8.42 Å². The van der Waals surface area contributed by atoms with E-state index in [9.17, 15) is 13.2 Å². The van der Waals surface area contributed by atoms with E-state index in [2.05, 4.69) is 17.0 Å². The summed E-state index contributed by atoms with van der Waals surface area (Å²) in [6.45, 7) is 4.60. The van der Waals surface area contributed by atoms with Crippen LogP contribution < -0.4 is 4.90 Å². The molecule has 0 radical (unpaired) electrons. The molecule has 3 heterocycles. The van der Waals surface area contributed by atoms with Crippen molar-refractivity contribution in [3.05, 3.63) is 47.7 Å². The summed E-state index contributed by atoms with van der Waals surface area (Å²) in [5, 5.41) is -0.166. The molecule has 9 heteroatoms. The molecule has 0 N–H and O–H groups in total. The first-order valence-corrected chi connectivity index (χ1v) is 12.2. The fraction of sp³-hybridized carbons (Fsp3) is 0.500. The number of carbonyl (C=O) groups excluding carboxylic acids is 1. The number of hydrogen-bond acceptors (Lipinski definition) is 6. The summed E-state index contributed by atoms with van der Waals surface area (Å²) in [6.07, 6.45) is 2.73. The predicted molar refractivity (Wildman–Crippen MR) is 117 cm³/mol. The minimum Gasteiger partial charge on any atom is -0.438 e. The van der Waals surface area contributed by atoms with Crippen molar-refractivity contribution in [2.24, 2.45) is 0 Å². The largest absolute Gasteiger partial charge is 0.438 e. The Labute approximate surface area is 183 Å². The zero-order chi connectivity index (χ0) is 21.8. The van der Waals surface area contributed by atoms with Crippen LogP contribution in [0.4, 0.5) is 5.69 Å². The lowest BCUT2D eigenvalue weighted by atomic mass is 10.1. The van der Waals surface area contributed by atoms with Crippen molar-refractivity contribution in [3.63, 3.8) is 0 Å². The van der Waals surface area contributed by atoms with Crippen molar-refractivity contribution in [1.82, 2.24) is 9.21 Å². The highest BCUT2D eigenvalue weighted by Gasteiger charge is 2.30. The number of rotatable bonds is 6. The third kappa shape index (κ3) is 4.94. The lowest BCUT2D eigenvalue weighted by Crippen LogP contribution is -2.36. The number of piperidine rings is 1. The number of nitrogens with zero attached hydrogens (tertiary/aromatic N) is 3. The quantitative estimate of drug-likeness (QED) is 0.677. The number of morpholine rings is 1. The summed E-state index contributed by atoms with van der Waals surface area (Å²) in [6, 6.07) is 10.9. The molecular formula is C22H29N3O5S. The van der Waals surface area contributed by atoms with Crippen molar-refractivity contribution >= 4 is 21.6 Å². The molecule has 0 unspecified atom stereocenters. The van der Waals surface area contributed by atoms with Crippen molar-refractivity contribution in [2.45, 2.75) is 30.9 Å². The lowest BCUT2D eigenvalue weighted by molar-refractivity contribution is 0.0747. The molecule has 1 aromatic carbocycles. The molecule has 0 saturated carbocycles. The maximum atomic E-state index is 12.8. The topological polar surface area (TPSA) is 83.3 Å². The van der Waals surface area contributed by atoms with Gasteiger partial charge < -0.3 is 19.0 Å². The first kappa shape index (κ1) is 21.9. The zero-order valence-corrected chi connectivity index (χ0v) is 18.6. The number of sulfonamides is 1. The SMILES string of the molecule is CN(Cc1ccc(N2CCOCC2)cc1)C(=O)c1ccc(S(=O)(=O)N2CCCCC2)o1. The average Bonchev–Trinajstić information content (AvgIpc) is 3.31. The monoisotopic (exact) mass is 447 g/mol. The minimum absolute atomic E-state index is 0.0306. The Kier molecular flexibility index (Phi) is 6.64. The number of hydrogen-bond donors (Lipinski definition) is 0. The number of amides is 1. The van der Waals surface area contributed by atoms with E-state index in [1.165, 1.54) is 21.3 Å². The number of benzene rings is 1. The van der Waals surface area contributed by atoms with Crippen molar-refractivity contribution in [1.29, 1.82) is 0 Å². The van der Waals surface area contributed by atoms with Crippen LogP contribution in [-0.4, -0.2) is 70.0 Å². The Bertz CT molecular complexity index is 990. The van der Waals surface area contributed by atoms with Gasteiger partial charge in [0, 0.05) is 45.5 Å². The molecule has 8 nitrogen and oxygen atoms in total. The maximum Gasteiger partial charge on any atom is 0.289 e. The number of furan rings is 1. The summed E-state index contributed by atoms with van der Waals surface area (Å²) < 4.78 is 37.8. The maximum absolute atomic E-state index is 12.8. The molecule has 2 fully saturated rings. The number of ether oxygens (including phenoxy) is 1. The van der Waals surface area contributed by atoms with E-state index in [4.69, 9.17) is 9.15 Å². The average molecular weight is 448 g/mol. The van der Waals surface area contributed by atoms with Gasteiger partial charge in [0.05, 0.1) is 13.2 Å². The number of carbonyl (C=O) groups is 1. The van der Waals surface area contributed by atoms with Crippen LogP contribution >= 0.6 is 0 Å². The normalized spacial score (nSPS) is 18.2. The summed E-state index contributed by atoms with van der Waals surface area (Å²) in [7, 11) is -2.01. The fourth-order valence-electron chi connectivity index (χ4n) is 3.97. The molecule has 1 aromatic heterocycles. The number of anilines is 1. The Morgan fingerprint density at radius 3 is 2.32 bits per heavy atom. The first-order valence-electron chi connectivity index (χ1n) is 10.7. The van der Waals surface area contributed by atoms with Crippen LogP contribution in [0.25, 0.3) is 0 Å². The van der Waals surface area contributed by atoms with Gasteiger partial charge in [-0.15, -0.1) is 0 Å². The molecule has 1 amide bonds. The summed E-state index contributed by atoms with van der Waals surface area (Å²) in [5.41, 5.74) is 2.13. The van der Waals surface area contributed by atoms with Gasteiger partial charge in [0.25, 0.3) is 15.9 Å². The van der Waals surface area contributed by atoms with Crippen LogP contribution in [0.3, 0.4) is 0 Å². The van der Waals surface area contributed by atoms with Crippen LogP contribution in [0.2, 0.25) is 0 Å². The van der Waals surface area contributed by atoms with Gasteiger partial charge in [-0.05, 0) is 42.7 Å². The van der Waals surface area contributed by atoms with Gasteiger partial charge in [-0.2, -0.15) is 4.31 Å². The summed E-state index contributed by atoms with van der Waals surface area (Å²) in [4.78, 5) is 16.6. The second kappa shape index (κ2) is 9.42. The van der Waals surface area contributed by atoms with E-state index < -0.39 is 10.0 Å². The first-order chi connectivity index (χ1) is 14.9. The minimum atomic E-state index is -3.69. The smallest absolute Gasteiger partial charge is 0.289 e. The third-order valence-electron chi connectivity index (χ3n) is 5.78. The van der Waals surface area contributed by atoms with E-state index in [-0.39, 0.29) is 16.8 Å². The molecule has 0 spiro atoms. The molecule has 2 aliphatic heterocycles. The van der Waals surface area contributed by atoms with E-state index in [0.717, 1.165) is 56.8 Å². The molecule has 4 rings (SSSR count). The van der Waals surface area contributed by atoms with Gasteiger partial charge in [0.2, 0.25) is 5.09 Å². The highest BCUT2D eigenvalue weighted by Crippen LogP contribution is 2.23. The highest BCUT2D eigenvalue weighted by atomic mass is 32.2. The van der Waals surface area contributed by atoms with E-state index in [1.54, 1.807) is 7.05 Å². The Hall–Kier alpha value is -2.36. The van der Waals surface area contributed by atoms with Gasteiger partial charge >= 0.3 is 0 Å². The van der Waals surface area contributed by atoms with Crippen molar-refractivity contribution < 1.29 is 22.4 Å². The molecular weight excluding hydrogens is 418 g/mol. The van der Waals surface area contributed by atoms with Crippen LogP contribution in [0.5, 0.6) is 0 Å². The highest BCUT2D eigenvalue weighted by molar-refractivity contribution is 7.89. The summed E-state index contributed by atoms with van der Waals surface area (Å²) in [5.74, 6) is -0.319. The molecule has 168 valence electrons.